The summed E-state index contributed by atoms with van der Waals surface area (Å²) in [6, 6.07) is 10.7. The predicted octanol–water partition coefficient (Wildman–Crippen LogP) is 3.30. The molecular weight excluding hydrogens is 398 g/mol. The third-order valence-electron chi connectivity index (χ3n) is 5.86. The highest BCUT2D eigenvalue weighted by Gasteiger charge is 2.34. The molecule has 1 aromatic heterocycles. The number of amides is 3. The summed E-state index contributed by atoms with van der Waals surface area (Å²) in [5.74, 6) is -0.104. The maximum Gasteiger partial charge on any atom is 0.264 e. The fraction of sp³-hybridized carbons (Fsp3) is 0.435. The van der Waals surface area contributed by atoms with Gasteiger partial charge in [-0.1, -0.05) is 18.2 Å². The minimum atomic E-state index is -0.417. The highest BCUT2D eigenvalue weighted by atomic mass is 32.1. The van der Waals surface area contributed by atoms with E-state index in [9.17, 15) is 14.4 Å². The summed E-state index contributed by atoms with van der Waals surface area (Å²) in [6.07, 6.45) is 4.86. The predicted molar refractivity (Wildman–Crippen MR) is 116 cm³/mol. The van der Waals surface area contributed by atoms with Crippen molar-refractivity contribution < 1.29 is 14.4 Å². The molecule has 4 rings (SSSR count). The standard InChI is InChI=1S/C23H27N3O3S/c27-21(19-6-4-14-26(19)23(29)20-7-5-15-30-20)24-16-17-8-10-18(11-9-17)22(28)25-12-2-1-3-13-25/h5,7-11,15,19H,1-4,6,12-14,16H2,(H,24,27)/t19-/m1/s1. The van der Waals surface area contributed by atoms with Crippen molar-refractivity contribution in [2.75, 3.05) is 19.6 Å². The Morgan fingerprint density at radius 2 is 1.70 bits per heavy atom. The van der Waals surface area contributed by atoms with E-state index in [4.69, 9.17) is 0 Å². The van der Waals surface area contributed by atoms with Crippen LogP contribution in [0.3, 0.4) is 0 Å². The van der Waals surface area contributed by atoms with Crippen LogP contribution in [0.4, 0.5) is 0 Å². The molecule has 2 saturated heterocycles. The van der Waals surface area contributed by atoms with Gasteiger partial charge in [-0.15, -0.1) is 11.3 Å². The zero-order valence-corrected chi connectivity index (χ0v) is 17.8. The number of carbonyl (C=O) groups is 3. The van der Waals surface area contributed by atoms with Crippen molar-refractivity contribution in [2.45, 2.75) is 44.7 Å². The van der Waals surface area contributed by atoms with Crippen LogP contribution in [0.1, 0.15) is 57.7 Å². The van der Waals surface area contributed by atoms with E-state index < -0.39 is 6.04 Å². The first-order valence-corrected chi connectivity index (χ1v) is 11.5. The van der Waals surface area contributed by atoms with Gasteiger partial charge in [0.1, 0.15) is 6.04 Å². The lowest BCUT2D eigenvalue weighted by Crippen LogP contribution is -2.45. The second-order valence-corrected chi connectivity index (χ2v) is 8.85. The molecule has 1 N–H and O–H groups in total. The van der Waals surface area contributed by atoms with Gasteiger partial charge in [-0.2, -0.15) is 0 Å². The molecule has 2 aliphatic heterocycles. The molecule has 2 fully saturated rings. The lowest BCUT2D eigenvalue weighted by Gasteiger charge is -2.26. The highest BCUT2D eigenvalue weighted by molar-refractivity contribution is 7.12. The van der Waals surface area contributed by atoms with E-state index in [0.717, 1.165) is 37.9 Å². The van der Waals surface area contributed by atoms with Crippen molar-refractivity contribution in [3.05, 3.63) is 57.8 Å². The average Bonchev–Trinajstić information content (AvgIpc) is 3.50. The van der Waals surface area contributed by atoms with Gasteiger partial charge in [0, 0.05) is 31.7 Å². The largest absolute Gasteiger partial charge is 0.350 e. The summed E-state index contributed by atoms with van der Waals surface area (Å²) in [6.45, 7) is 2.66. The fourth-order valence-electron chi connectivity index (χ4n) is 4.18. The van der Waals surface area contributed by atoms with Gasteiger partial charge in [-0.05, 0) is 61.2 Å². The molecule has 1 aromatic carbocycles. The summed E-state index contributed by atoms with van der Waals surface area (Å²) in [7, 11) is 0. The number of thiophene rings is 1. The maximum atomic E-state index is 12.7. The quantitative estimate of drug-likeness (QED) is 0.799. The van der Waals surface area contributed by atoms with Crippen LogP contribution >= 0.6 is 11.3 Å². The molecule has 0 spiro atoms. The fourth-order valence-corrected chi connectivity index (χ4v) is 4.85. The van der Waals surface area contributed by atoms with Crippen molar-refractivity contribution in [3.8, 4) is 0 Å². The van der Waals surface area contributed by atoms with E-state index >= 15 is 0 Å². The van der Waals surface area contributed by atoms with Gasteiger partial charge < -0.3 is 15.1 Å². The second kappa shape index (κ2) is 9.43. The number of hydrogen-bond acceptors (Lipinski definition) is 4. The Morgan fingerprint density at radius 1 is 0.933 bits per heavy atom. The van der Waals surface area contributed by atoms with Gasteiger partial charge in [0.15, 0.2) is 0 Å². The molecule has 3 amide bonds. The normalized spacial score (nSPS) is 19.0. The van der Waals surface area contributed by atoms with Gasteiger partial charge in [0.05, 0.1) is 4.88 Å². The zero-order chi connectivity index (χ0) is 20.9. The summed E-state index contributed by atoms with van der Waals surface area (Å²) < 4.78 is 0. The highest BCUT2D eigenvalue weighted by Crippen LogP contribution is 2.22. The minimum Gasteiger partial charge on any atom is -0.350 e. The molecule has 6 nitrogen and oxygen atoms in total. The number of hydrogen-bond donors (Lipinski definition) is 1. The third kappa shape index (κ3) is 4.56. The molecule has 0 radical (unpaired) electrons. The Kier molecular flexibility index (Phi) is 6.47. The Labute approximate surface area is 180 Å². The lowest BCUT2D eigenvalue weighted by atomic mass is 10.1. The van der Waals surface area contributed by atoms with Crippen molar-refractivity contribution >= 4 is 29.1 Å². The van der Waals surface area contributed by atoms with Gasteiger partial charge in [0.25, 0.3) is 11.8 Å². The smallest absolute Gasteiger partial charge is 0.264 e. The first-order chi connectivity index (χ1) is 14.6. The second-order valence-electron chi connectivity index (χ2n) is 7.90. The summed E-state index contributed by atoms with van der Waals surface area (Å²) >= 11 is 1.40. The first-order valence-electron chi connectivity index (χ1n) is 10.6. The minimum absolute atomic E-state index is 0.0665. The van der Waals surface area contributed by atoms with Crippen molar-refractivity contribution in [3.63, 3.8) is 0 Å². The van der Waals surface area contributed by atoms with Crippen LogP contribution in [0.25, 0.3) is 0 Å². The SMILES string of the molecule is O=C(NCc1ccc(C(=O)N2CCCCC2)cc1)[C@H]1CCCN1C(=O)c1cccs1. The molecule has 30 heavy (non-hydrogen) atoms. The van der Waals surface area contributed by atoms with Crippen LogP contribution in [0, 0.1) is 0 Å². The van der Waals surface area contributed by atoms with Crippen molar-refractivity contribution in [1.82, 2.24) is 15.1 Å². The topological polar surface area (TPSA) is 69.7 Å². The molecular formula is C23H27N3O3S. The first kappa shape index (κ1) is 20.6. The number of rotatable bonds is 5. The Balaban J connectivity index is 1.32. The van der Waals surface area contributed by atoms with Crippen LogP contribution in [0.5, 0.6) is 0 Å². The van der Waals surface area contributed by atoms with Crippen LogP contribution in [0.2, 0.25) is 0 Å². The van der Waals surface area contributed by atoms with E-state index in [1.807, 2.05) is 40.6 Å². The summed E-state index contributed by atoms with van der Waals surface area (Å²) in [5, 5.41) is 4.83. The molecule has 0 bridgehead atoms. The van der Waals surface area contributed by atoms with Crippen LogP contribution in [-0.4, -0.2) is 53.2 Å². The zero-order valence-electron chi connectivity index (χ0n) is 17.0. The van der Waals surface area contributed by atoms with Gasteiger partial charge in [0.2, 0.25) is 5.91 Å². The average molecular weight is 426 g/mol. The van der Waals surface area contributed by atoms with Crippen LogP contribution in [-0.2, 0) is 11.3 Å². The molecule has 0 aliphatic carbocycles. The van der Waals surface area contributed by atoms with Crippen molar-refractivity contribution in [1.29, 1.82) is 0 Å². The molecule has 1 atom stereocenters. The molecule has 7 heteroatoms. The molecule has 158 valence electrons. The Hall–Kier alpha value is -2.67. The maximum absolute atomic E-state index is 12.7. The summed E-state index contributed by atoms with van der Waals surface area (Å²) in [5.41, 5.74) is 1.63. The van der Waals surface area contributed by atoms with Crippen molar-refractivity contribution in [2.24, 2.45) is 0 Å². The molecule has 2 aromatic rings. The number of carbonyl (C=O) groups excluding carboxylic acids is 3. The van der Waals surface area contributed by atoms with E-state index in [1.54, 1.807) is 11.0 Å². The molecule has 0 unspecified atom stereocenters. The molecule has 3 heterocycles. The van der Waals surface area contributed by atoms with Crippen LogP contribution < -0.4 is 5.32 Å². The Morgan fingerprint density at radius 3 is 2.40 bits per heavy atom. The number of piperidine rings is 1. The summed E-state index contributed by atoms with van der Waals surface area (Å²) in [4.78, 5) is 42.2. The van der Waals surface area contributed by atoms with Gasteiger partial charge in [-0.25, -0.2) is 0 Å². The van der Waals surface area contributed by atoms with E-state index in [-0.39, 0.29) is 17.7 Å². The number of benzene rings is 1. The molecule has 0 saturated carbocycles. The van der Waals surface area contributed by atoms with Gasteiger partial charge in [-0.3, -0.25) is 14.4 Å². The lowest BCUT2D eigenvalue weighted by molar-refractivity contribution is -0.125. The number of nitrogens with one attached hydrogen (secondary N) is 1. The van der Waals surface area contributed by atoms with E-state index in [0.29, 0.717) is 30.0 Å². The van der Waals surface area contributed by atoms with Gasteiger partial charge >= 0.3 is 0 Å². The number of likely N-dealkylation sites (tertiary alicyclic amines) is 2. The van der Waals surface area contributed by atoms with E-state index in [1.165, 1.54) is 17.8 Å². The third-order valence-corrected chi connectivity index (χ3v) is 6.72. The van der Waals surface area contributed by atoms with Crippen LogP contribution in [0.15, 0.2) is 41.8 Å². The molecule has 2 aliphatic rings. The number of nitrogens with zero attached hydrogens (tertiary/aromatic N) is 2. The monoisotopic (exact) mass is 425 g/mol. The van der Waals surface area contributed by atoms with E-state index in [2.05, 4.69) is 5.32 Å². The Bertz CT molecular complexity index is 889.